The molecular weight excluding hydrogens is 428 g/mol. The Hall–Kier alpha value is -4.46. The maximum atomic E-state index is 12.3. The van der Waals surface area contributed by atoms with E-state index in [2.05, 4.69) is 16.5 Å². The van der Waals surface area contributed by atoms with Gasteiger partial charge in [-0.25, -0.2) is 14.6 Å². The molecule has 34 heavy (non-hydrogen) atoms. The van der Waals surface area contributed by atoms with E-state index in [1.54, 1.807) is 9.58 Å². The summed E-state index contributed by atoms with van der Waals surface area (Å²) in [5.41, 5.74) is 9.23. The fraction of sp³-hybridized carbons (Fsp3) is 0.154. The van der Waals surface area contributed by atoms with Gasteiger partial charge in [-0.3, -0.25) is 4.79 Å². The number of ether oxygens (including phenoxy) is 1. The van der Waals surface area contributed by atoms with Gasteiger partial charge in [0.2, 0.25) is 5.91 Å². The number of rotatable bonds is 5. The Bertz CT molecular complexity index is 1390. The smallest absolute Gasteiger partial charge is 0.250 e. The van der Waals surface area contributed by atoms with Gasteiger partial charge in [-0.1, -0.05) is 24.8 Å². The Morgan fingerprint density at radius 1 is 1.12 bits per heavy atom. The Morgan fingerprint density at radius 3 is 2.59 bits per heavy atom. The fourth-order valence-electron chi connectivity index (χ4n) is 4.08. The van der Waals surface area contributed by atoms with Gasteiger partial charge in [-0.05, 0) is 62.2 Å². The van der Waals surface area contributed by atoms with Gasteiger partial charge in [0.25, 0.3) is 0 Å². The number of nitrogens with zero attached hydrogens (tertiary/aromatic N) is 5. The summed E-state index contributed by atoms with van der Waals surface area (Å²) in [6.07, 6.45) is 6.11. The molecule has 8 nitrogen and oxygen atoms in total. The first-order chi connectivity index (χ1) is 16.5. The van der Waals surface area contributed by atoms with Crippen LogP contribution in [0.3, 0.4) is 0 Å². The zero-order chi connectivity index (χ0) is 23.7. The number of nitrogens with two attached hydrogens (primary N) is 1. The summed E-state index contributed by atoms with van der Waals surface area (Å²) in [5, 5.41) is 5.53. The summed E-state index contributed by atoms with van der Waals surface area (Å²) in [6.45, 7) is 5.63. The summed E-state index contributed by atoms with van der Waals surface area (Å²) in [7, 11) is 0. The molecule has 0 aliphatic carbocycles. The van der Waals surface area contributed by atoms with Crippen LogP contribution in [-0.4, -0.2) is 36.6 Å². The number of carbonyl (C=O) groups excluding carboxylic acids is 1. The van der Waals surface area contributed by atoms with Crippen LogP contribution in [-0.2, 0) is 4.79 Å². The first kappa shape index (κ1) is 21.4. The van der Waals surface area contributed by atoms with Crippen LogP contribution in [0, 0.1) is 0 Å². The van der Waals surface area contributed by atoms with Gasteiger partial charge < -0.3 is 15.4 Å². The number of aromatic nitrogens is 4. The van der Waals surface area contributed by atoms with Crippen LogP contribution >= 0.6 is 0 Å². The summed E-state index contributed by atoms with van der Waals surface area (Å²) in [4.78, 5) is 22.7. The minimum absolute atomic E-state index is 0.0763. The minimum Gasteiger partial charge on any atom is -0.457 e. The largest absolute Gasteiger partial charge is 0.457 e. The monoisotopic (exact) mass is 452 g/mol. The van der Waals surface area contributed by atoms with E-state index in [1.165, 1.54) is 12.4 Å². The van der Waals surface area contributed by atoms with Crippen molar-refractivity contribution in [1.82, 2.24) is 24.6 Å². The molecule has 2 aromatic heterocycles. The molecular formula is C26H24N6O2. The number of hydrogen-bond donors (Lipinski definition) is 1. The average molecular weight is 453 g/mol. The number of para-hydroxylation sites is 1. The van der Waals surface area contributed by atoms with Crippen LogP contribution < -0.4 is 10.5 Å². The third-order valence-electron chi connectivity index (χ3n) is 5.88. The van der Waals surface area contributed by atoms with Crippen LogP contribution in [0.15, 0.2) is 79.8 Å². The molecule has 1 amide bonds. The van der Waals surface area contributed by atoms with Gasteiger partial charge in [-0.15, -0.1) is 0 Å². The first-order valence-corrected chi connectivity index (χ1v) is 11.0. The molecule has 0 fully saturated rings. The zero-order valence-corrected chi connectivity index (χ0v) is 18.8. The van der Waals surface area contributed by atoms with Crippen molar-refractivity contribution in [2.75, 3.05) is 5.73 Å². The number of hydrogen-bond acceptors (Lipinski definition) is 6. The number of allylic oxidation sites excluding steroid dienone is 1. The van der Waals surface area contributed by atoms with Crippen LogP contribution in [0.2, 0.25) is 0 Å². The molecule has 1 atom stereocenters. The number of fused-ring (bicyclic) bond motifs is 1. The van der Waals surface area contributed by atoms with E-state index in [0.717, 1.165) is 29.9 Å². The third-order valence-corrected chi connectivity index (χ3v) is 5.88. The molecule has 0 bridgehead atoms. The predicted molar refractivity (Wildman–Crippen MR) is 132 cm³/mol. The predicted octanol–water partition coefficient (Wildman–Crippen LogP) is 4.86. The lowest BCUT2D eigenvalue weighted by molar-refractivity contribution is -0.125. The quantitative estimate of drug-likeness (QED) is 0.434. The second kappa shape index (κ2) is 8.82. The summed E-state index contributed by atoms with van der Waals surface area (Å²) in [5.74, 6) is 1.68. The van der Waals surface area contributed by atoms with Gasteiger partial charge in [-0.2, -0.15) is 5.10 Å². The lowest BCUT2D eigenvalue weighted by Gasteiger charge is -2.30. The number of carbonyl (C=O) groups is 1. The molecule has 2 aromatic carbocycles. The van der Waals surface area contributed by atoms with Gasteiger partial charge in [0.15, 0.2) is 5.65 Å². The normalized spacial score (nSPS) is 15.7. The highest BCUT2D eigenvalue weighted by molar-refractivity contribution is 5.99. The van der Waals surface area contributed by atoms with Crippen molar-refractivity contribution in [3.8, 4) is 22.8 Å². The van der Waals surface area contributed by atoms with E-state index in [-0.39, 0.29) is 11.9 Å². The molecule has 0 saturated carbocycles. The fourth-order valence-corrected chi connectivity index (χ4v) is 4.08. The average Bonchev–Trinajstić information content (AvgIpc) is 3.26. The first-order valence-electron chi connectivity index (χ1n) is 11.0. The molecule has 8 heteroatoms. The Morgan fingerprint density at radius 2 is 1.85 bits per heavy atom. The van der Waals surface area contributed by atoms with E-state index in [0.29, 0.717) is 28.3 Å². The van der Waals surface area contributed by atoms with Crippen molar-refractivity contribution < 1.29 is 9.53 Å². The zero-order valence-electron chi connectivity index (χ0n) is 18.8. The highest BCUT2D eigenvalue weighted by atomic mass is 16.5. The molecule has 1 aliphatic rings. The van der Waals surface area contributed by atoms with Gasteiger partial charge in [0.1, 0.15) is 29.3 Å². The number of anilines is 1. The van der Waals surface area contributed by atoms with Gasteiger partial charge >= 0.3 is 0 Å². The van der Waals surface area contributed by atoms with Crippen molar-refractivity contribution in [1.29, 1.82) is 0 Å². The molecule has 0 saturated heterocycles. The molecule has 0 radical (unpaired) electrons. The number of benzene rings is 2. The van der Waals surface area contributed by atoms with Crippen LogP contribution in [0.4, 0.5) is 5.82 Å². The van der Waals surface area contributed by atoms with Crippen molar-refractivity contribution in [3.05, 3.63) is 79.8 Å². The van der Waals surface area contributed by atoms with Gasteiger partial charge in [0, 0.05) is 17.8 Å². The maximum Gasteiger partial charge on any atom is 0.250 e. The van der Waals surface area contributed by atoms with Gasteiger partial charge in [0.05, 0.1) is 11.1 Å². The Kier molecular flexibility index (Phi) is 5.55. The van der Waals surface area contributed by atoms with Crippen molar-refractivity contribution in [2.45, 2.75) is 25.8 Å². The highest BCUT2D eigenvalue weighted by Crippen LogP contribution is 2.35. The molecule has 0 spiro atoms. The van der Waals surface area contributed by atoms with E-state index < -0.39 is 0 Å². The van der Waals surface area contributed by atoms with E-state index in [4.69, 9.17) is 15.6 Å². The Balaban J connectivity index is 1.56. The molecule has 4 aromatic rings. The molecule has 170 valence electrons. The van der Waals surface area contributed by atoms with Crippen LogP contribution in [0.1, 0.15) is 19.8 Å². The third kappa shape index (κ3) is 3.90. The number of nitrogen functional groups attached to an aromatic ring is 1. The molecule has 1 unspecified atom stereocenters. The SMILES string of the molecule is C=CC(=O)N1C=C(n2nc(-c3ccc(Oc4ccccc4)cc3)c3c(N)ncnc32)CCC1C. The minimum atomic E-state index is -0.149. The second-order valence-corrected chi connectivity index (χ2v) is 8.12. The maximum absolute atomic E-state index is 12.3. The molecule has 2 N–H and O–H groups in total. The van der Waals surface area contributed by atoms with E-state index >= 15 is 0 Å². The second-order valence-electron chi connectivity index (χ2n) is 8.12. The van der Waals surface area contributed by atoms with Crippen molar-refractivity contribution in [2.24, 2.45) is 0 Å². The van der Waals surface area contributed by atoms with Crippen molar-refractivity contribution >= 4 is 28.5 Å². The van der Waals surface area contributed by atoms with Crippen LogP contribution in [0.5, 0.6) is 11.5 Å². The van der Waals surface area contributed by atoms with Crippen LogP contribution in [0.25, 0.3) is 28.0 Å². The lowest BCUT2D eigenvalue weighted by atomic mass is 10.1. The Labute approximate surface area is 197 Å². The number of amides is 1. The molecule has 1 aliphatic heterocycles. The lowest BCUT2D eigenvalue weighted by Crippen LogP contribution is -2.36. The summed E-state index contributed by atoms with van der Waals surface area (Å²) < 4.78 is 7.66. The van der Waals surface area contributed by atoms with Crippen molar-refractivity contribution in [3.63, 3.8) is 0 Å². The summed E-state index contributed by atoms with van der Waals surface area (Å²) >= 11 is 0. The van der Waals surface area contributed by atoms with E-state index in [1.807, 2.05) is 67.7 Å². The highest BCUT2D eigenvalue weighted by Gasteiger charge is 2.25. The standard InChI is InChI=1S/C26H24N6O2/c1-3-22(33)31-15-19(12-9-17(31)2)32-26-23(25(27)28-16-29-26)24(30-32)18-10-13-21(14-11-18)34-20-7-5-4-6-8-20/h3-8,10-11,13-17H,1,9,12H2,2H3,(H2,27,28,29). The molecule has 5 rings (SSSR count). The topological polar surface area (TPSA) is 99.2 Å². The van der Waals surface area contributed by atoms with E-state index in [9.17, 15) is 4.79 Å². The molecule has 3 heterocycles. The summed E-state index contributed by atoms with van der Waals surface area (Å²) in [6, 6.07) is 17.3.